The molecule has 0 N–H and O–H groups in total. The van der Waals surface area contributed by atoms with Gasteiger partial charge in [-0.1, -0.05) is 28.1 Å². The van der Waals surface area contributed by atoms with E-state index in [1.807, 2.05) is 12.1 Å². The summed E-state index contributed by atoms with van der Waals surface area (Å²) in [6.07, 6.45) is 0.758. The van der Waals surface area contributed by atoms with E-state index < -0.39 is 0 Å². The lowest BCUT2D eigenvalue weighted by molar-refractivity contribution is 0.375. The fourth-order valence-corrected chi connectivity index (χ4v) is 2.55. The molecule has 0 fully saturated rings. The van der Waals surface area contributed by atoms with E-state index in [9.17, 15) is 0 Å². The van der Waals surface area contributed by atoms with Crippen LogP contribution in [0.2, 0.25) is 0 Å². The third-order valence-electron chi connectivity index (χ3n) is 2.86. The number of benzene rings is 1. The average Bonchev–Trinajstić information content (AvgIpc) is 2.75. The van der Waals surface area contributed by atoms with Gasteiger partial charge in [-0.05, 0) is 38.5 Å². The topological polar surface area (TPSA) is 30.7 Å². The summed E-state index contributed by atoms with van der Waals surface area (Å²) in [5, 5.41) is 8.47. The van der Waals surface area contributed by atoms with Crippen LogP contribution in [-0.4, -0.2) is 14.8 Å². The van der Waals surface area contributed by atoms with Crippen molar-refractivity contribution in [3.05, 3.63) is 46.0 Å². The summed E-state index contributed by atoms with van der Waals surface area (Å²) < 4.78 is 3.21. The van der Waals surface area contributed by atoms with Gasteiger partial charge in [-0.2, -0.15) is 0 Å². The Bertz CT molecular complexity index is 555. The maximum Gasteiger partial charge on any atom is 0.148 e. The fraction of sp³-hybridized carbons (Fsp3) is 0.429. The fourth-order valence-electron chi connectivity index (χ4n) is 2.11. The van der Waals surface area contributed by atoms with Gasteiger partial charge < -0.3 is 4.57 Å². The van der Waals surface area contributed by atoms with E-state index in [0.717, 1.165) is 22.5 Å². The van der Waals surface area contributed by atoms with Crippen LogP contribution < -0.4 is 0 Å². The second-order valence-electron chi connectivity index (χ2n) is 5.48. The van der Waals surface area contributed by atoms with Gasteiger partial charge in [-0.25, -0.2) is 0 Å². The zero-order valence-corrected chi connectivity index (χ0v) is 13.7. The van der Waals surface area contributed by atoms with Crippen LogP contribution in [0.15, 0.2) is 28.7 Å². The summed E-state index contributed by atoms with van der Waals surface area (Å²) in [7, 11) is 0. The molecule has 3 nitrogen and oxygen atoms in total. The summed E-state index contributed by atoms with van der Waals surface area (Å²) in [5.41, 5.74) is 1.14. The van der Waals surface area contributed by atoms with E-state index in [0.29, 0.717) is 5.88 Å². The Morgan fingerprint density at radius 3 is 2.21 bits per heavy atom. The lowest BCUT2D eigenvalue weighted by Crippen LogP contribution is -2.26. The largest absolute Gasteiger partial charge is 0.308 e. The van der Waals surface area contributed by atoms with Gasteiger partial charge >= 0.3 is 0 Å². The van der Waals surface area contributed by atoms with Gasteiger partial charge in [0.05, 0.1) is 5.88 Å². The number of aromatic nitrogens is 3. The Balaban J connectivity index is 2.35. The molecule has 0 atom stereocenters. The minimum atomic E-state index is -0.0710. The van der Waals surface area contributed by atoms with E-state index in [1.165, 1.54) is 5.56 Å². The first kappa shape index (κ1) is 14.5. The second kappa shape index (κ2) is 5.63. The van der Waals surface area contributed by atoms with Crippen molar-refractivity contribution >= 4 is 27.5 Å². The SMILES string of the molecule is CC(C)(C)n1c(CCl)nnc1Cc1ccc(Br)cc1. The quantitative estimate of drug-likeness (QED) is 0.785. The molecule has 0 amide bonds. The number of nitrogens with zero attached hydrogens (tertiary/aromatic N) is 3. The lowest BCUT2D eigenvalue weighted by atomic mass is 10.1. The summed E-state index contributed by atoms with van der Waals surface area (Å²) in [6, 6.07) is 8.25. The molecule has 2 aromatic rings. The van der Waals surface area contributed by atoms with Gasteiger partial charge in [0.2, 0.25) is 0 Å². The van der Waals surface area contributed by atoms with Crippen LogP contribution in [0.25, 0.3) is 0 Å². The van der Waals surface area contributed by atoms with Gasteiger partial charge in [-0.3, -0.25) is 0 Å². The van der Waals surface area contributed by atoms with Crippen molar-refractivity contribution in [3.8, 4) is 0 Å². The Morgan fingerprint density at radius 1 is 1.11 bits per heavy atom. The minimum Gasteiger partial charge on any atom is -0.308 e. The van der Waals surface area contributed by atoms with Crippen LogP contribution in [0.5, 0.6) is 0 Å². The minimum absolute atomic E-state index is 0.0710. The molecular formula is C14H17BrClN3. The summed E-state index contributed by atoms with van der Waals surface area (Å²) in [5.74, 6) is 2.15. The highest BCUT2D eigenvalue weighted by Crippen LogP contribution is 2.22. The van der Waals surface area contributed by atoms with Crippen LogP contribution >= 0.6 is 27.5 Å². The van der Waals surface area contributed by atoms with E-state index in [-0.39, 0.29) is 5.54 Å². The number of hydrogen-bond acceptors (Lipinski definition) is 2. The predicted molar refractivity (Wildman–Crippen MR) is 81.5 cm³/mol. The van der Waals surface area contributed by atoms with E-state index >= 15 is 0 Å². The van der Waals surface area contributed by atoms with Gasteiger partial charge in [0.15, 0.2) is 0 Å². The standard InChI is InChI=1S/C14H17BrClN3/c1-14(2,3)19-12(17-18-13(19)9-16)8-10-4-6-11(15)7-5-10/h4-7H,8-9H2,1-3H3. The first-order valence-corrected chi connectivity index (χ1v) is 7.48. The lowest BCUT2D eigenvalue weighted by Gasteiger charge is -2.24. The van der Waals surface area contributed by atoms with Crippen LogP contribution in [0.3, 0.4) is 0 Å². The monoisotopic (exact) mass is 341 g/mol. The Labute approximate surface area is 127 Å². The Morgan fingerprint density at radius 2 is 1.68 bits per heavy atom. The molecule has 1 aromatic carbocycles. The highest BCUT2D eigenvalue weighted by atomic mass is 79.9. The Hall–Kier alpha value is -0.870. The van der Waals surface area contributed by atoms with Crippen LogP contribution in [0.1, 0.15) is 38.0 Å². The van der Waals surface area contributed by atoms with Crippen molar-refractivity contribution in [2.45, 2.75) is 38.6 Å². The van der Waals surface area contributed by atoms with Crippen LogP contribution in [-0.2, 0) is 17.8 Å². The molecule has 102 valence electrons. The molecule has 19 heavy (non-hydrogen) atoms. The first-order chi connectivity index (χ1) is 8.91. The van der Waals surface area contributed by atoms with Gasteiger partial charge in [-0.15, -0.1) is 21.8 Å². The Kier molecular flexibility index (Phi) is 4.31. The van der Waals surface area contributed by atoms with Crippen molar-refractivity contribution in [2.24, 2.45) is 0 Å². The molecule has 0 aliphatic carbocycles. The molecule has 0 bridgehead atoms. The van der Waals surface area contributed by atoms with Crippen molar-refractivity contribution in [3.63, 3.8) is 0 Å². The van der Waals surface area contributed by atoms with Crippen molar-refractivity contribution in [1.82, 2.24) is 14.8 Å². The molecule has 0 saturated heterocycles. The summed E-state index contributed by atoms with van der Waals surface area (Å²) in [6.45, 7) is 6.41. The molecule has 0 unspecified atom stereocenters. The van der Waals surface area contributed by atoms with Crippen LogP contribution in [0.4, 0.5) is 0 Å². The number of hydrogen-bond donors (Lipinski definition) is 0. The van der Waals surface area contributed by atoms with E-state index in [4.69, 9.17) is 11.6 Å². The third kappa shape index (κ3) is 3.37. The molecule has 1 aromatic heterocycles. The van der Waals surface area contributed by atoms with Crippen LogP contribution in [0, 0.1) is 0 Å². The van der Waals surface area contributed by atoms with Gasteiger partial charge in [0.25, 0.3) is 0 Å². The molecule has 5 heteroatoms. The summed E-state index contributed by atoms with van der Waals surface area (Å²) >= 11 is 9.39. The highest BCUT2D eigenvalue weighted by Gasteiger charge is 2.22. The molecular weight excluding hydrogens is 326 g/mol. The molecule has 0 spiro atoms. The van der Waals surface area contributed by atoms with E-state index in [2.05, 4.69) is 63.6 Å². The highest BCUT2D eigenvalue weighted by molar-refractivity contribution is 9.10. The normalized spacial score (nSPS) is 11.8. The summed E-state index contributed by atoms with van der Waals surface area (Å²) in [4.78, 5) is 0. The maximum absolute atomic E-state index is 5.95. The number of alkyl halides is 1. The molecule has 1 heterocycles. The van der Waals surface area contributed by atoms with Crippen molar-refractivity contribution in [2.75, 3.05) is 0 Å². The third-order valence-corrected chi connectivity index (χ3v) is 3.63. The molecule has 0 saturated carbocycles. The van der Waals surface area contributed by atoms with Gasteiger partial charge in [0, 0.05) is 16.4 Å². The van der Waals surface area contributed by atoms with Gasteiger partial charge in [0.1, 0.15) is 11.6 Å². The second-order valence-corrected chi connectivity index (χ2v) is 6.66. The van der Waals surface area contributed by atoms with Crippen molar-refractivity contribution < 1.29 is 0 Å². The number of rotatable bonds is 3. The zero-order valence-electron chi connectivity index (χ0n) is 11.3. The van der Waals surface area contributed by atoms with Crippen molar-refractivity contribution in [1.29, 1.82) is 0 Å². The first-order valence-electron chi connectivity index (χ1n) is 6.16. The number of halogens is 2. The molecule has 0 aliphatic heterocycles. The predicted octanol–water partition coefficient (Wildman–Crippen LogP) is 4.13. The molecule has 0 radical (unpaired) electrons. The molecule has 2 rings (SSSR count). The zero-order chi connectivity index (χ0) is 14.0. The molecule has 0 aliphatic rings. The average molecular weight is 343 g/mol. The smallest absolute Gasteiger partial charge is 0.148 e. The van der Waals surface area contributed by atoms with E-state index in [1.54, 1.807) is 0 Å². The maximum atomic E-state index is 5.95.